The van der Waals surface area contributed by atoms with Gasteiger partial charge in [-0.1, -0.05) is 0 Å². The highest BCUT2D eigenvalue weighted by molar-refractivity contribution is 5.46. The van der Waals surface area contributed by atoms with Crippen LogP contribution in [0.15, 0.2) is 18.3 Å². The first-order valence-electron chi connectivity index (χ1n) is 6.81. The van der Waals surface area contributed by atoms with E-state index in [1.54, 1.807) is 0 Å². The number of aliphatic hydroxyl groups is 1. The van der Waals surface area contributed by atoms with E-state index in [0.717, 1.165) is 24.3 Å². The summed E-state index contributed by atoms with van der Waals surface area (Å²) in [5, 5.41) is 8.99. The molecule has 1 atom stereocenters. The lowest BCUT2D eigenvalue weighted by molar-refractivity contribution is 0.283. The van der Waals surface area contributed by atoms with Gasteiger partial charge in [-0.15, -0.1) is 0 Å². The minimum Gasteiger partial charge on any atom is -0.396 e. The zero-order chi connectivity index (χ0) is 13.0. The molecule has 0 aliphatic heterocycles. The van der Waals surface area contributed by atoms with Gasteiger partial charge in [0.2, 0.25) is 0 Å². The highest BCUT2D eigenvalue weighted by atomic mass is 16.3. The van der Waals surface area contributed by atoms with Crippen molar-refractivity contribution >= 4 is 5.69 Å². The van der Waals surface area contributed by atoms with Crippen molar-refractivity contribution in [3.8, 4) is 0 Å². The zero-order valence-corrected chi connectivity index (χ0v) is 11.0. The lowest BCUT2D eigenvalue weighted by Gasteiger charge is -2.39. The molecular weight excluding hydrogens is 226 g/mol. The van der Waals surface area contributed by atoms with Gasteiger partial charge in [-0.3, -0.25) is 4.98 Å². The first-order chi connectivity index (χ1) is 8.72. The predicted octanol–water partition coefficient (Wildman–Crippen LogP) is 1.84. The maximum Gasteiger partial charge on any atom is 0.0569 e. The van der Waals surface area contributed by atoms with Crippen LogP contribution in [0.4, 0.5) is 5.69 Å². The molecule has 3 N–H and O–H groups in total. The maximum atomic E-state index is 8.99. The number of rotatable bonds is 6. The largest absolute Gasteiger partial charge is 0.396 e. The van der Waals surface area contributed by atoms with Crippen LogP contribution in [-0.4, -0.2) is 29.3 Å². The summed E-state index contributed by atoms with van der Waals surface area (Å²) < 4.78 is 0. The molecule has 0 spiro atoms. The molecule has 1 aliphatic carbocycles. The lowest BCUT2D eigenvalue weighted by atomic mass is 9.91. The van der Waals surface area contributed by atoms with E-state index in [1.807, 2.05) is 19.2 Å². The fraction of sp³-hybridized carbons (Fsp3) is 0.643. The van der Waals surface area contributed by atoms with E-state index in [4.69, 9.17) is 10.8 Å². The Bertz CT molecular complexity index is 360. The van der Waals surface area contributed by atoms with E-state index in [0.29, 0.717) is 6.04 Å². The van der Waals surface area contributed by atoms with Crippen molar-refractivity contribution in [2.24, 2.45) is 5.73 Å². The Labute approximate surface area is 109 Å². The molecule has 0 saturated heterocycles. The monoisotopic (exact) mass is 249 g/mol. The molecule has 1 unspecified atom stereocenters. The van der Waals surface area contributed by atoms with Gasteiger partial charge in [-0.25, -0.2) is 0 Å². The molecule has 18 heavy (non-hydrogen) atoms. The van der Waals surface area contributed by atoms with Crippen LogP contribution in [0.2, 0.25) is 0 Å². The summed E-state index contributed by atoms with van der Waals surface area (Å²) in [4.78, 5) is 6.79. The lowest BCUT2D eigenvalue weighted by Crippen LogP contribution is -2.41. The summed E-state index contributed by atoms with van der Waals surface area (Å²) in [5.74, 6) is 0. The maximum absolute atomic E-state index is 8.99. The third kappa shape index (κ3) is 3.00. The molecule has 1 heterocycles. The molecule has 2 rings (SSSR count). The topological polar surface area (TPSA) is 62.4 Å². The Balaban J connectivity index is 2.08. The van der Waals surface area contributed by atoms with Gasteiger partial charge in [0, 0.05) is 25.2 Å². The minimum atomic E-state index is -0.0198. The van der Waals surface area contributed by atoms with E-state index in [2.05, 4.69) is 16.0 Å². The quantitative estimate of drug-likeness (QED) is 0.807. The number of nitrogens with two attached hydrogens (primary N) is 1. The Morgan fingerprint density at radius 3 is 2.72 bits per heavy atom. The Morgan fingerprint density at radius 2 is 2.28 bits per heavy atom. The first kappa shape index (κ1) is 13.3. The second-order valence-electron chi connectivity index (χ2n) is 5.09. The fourth-order valence-electron chi connectivity index (χ4n) is 2.30. The second kappa shape index (κ2) is 6.16. The Morgan fingerprint density at radius 1 is 1.50 bits per heavy atom. The SMILES string of the molecule is CC(N)c1ccc(N(CCCO)C2CCC2)cn1. The van der Waals surface area contributed by atoms with Crippen LogP contribution in [0.1, 0.15) is 44.3 Å². The number of aromatic nitrogens is 1. The number of hydrogen-bond acceptors (Lipinski definition) is 4. The first-order valence-corrected chi connectivity index (χ1v) is 6.81. The van der Waals surface area contributed by atoms with Gasteiger partial charge in [0.1, 0.15) is 0 Å². The molecule has 1 aromatic rings. The molecule has 1 saturated carbocycles. The van der Waals surface area contributed by atoms with Crippen LogP contribution in [-0.2, 0) is 0 Å². The number of nitrogens with zero attached hydrogens (tertiary/aromatic N) is 2. The molecule has 0 aromatic carbocycles. The van der Waals surface area contributed by atoms with Crippen molar-refractivity contribution in [3.63, 3.8) is 0 Å². The molecule has 1 aliphatic rings. The van der Waals surface area contributed by atoms with Crippen LogP contribution in [0.3, 0.4) is 0 Å². The van der Waals surface area contributed by atoms with Gasteiger partial charge in [-0.2, -0.15) is 0 Å². The van der Waals surface area contributed by atoms with Crippen LogP contribution in [0.5, 0.6) is 0 Å². The van der Waals surface area contributed by atoms with Crippen molar-refractivity contribution in [1.82, 2.24) is 4.98 Å². The molecular formula is C14H23N3O. The number of hydrogen-bond donors (Lipinski definition) is 2. The molecule has 0 radical (unpaired) electrons. The average Bonchev–Trinajstić information content (AvgIpc) is 2.32. The summed E-state index contributed by atoms with van der Waals surface area (Å²) >= 11 is 0. The van der Waals surface area contributed by atoms with Crippen molar-refractivity contribution < 1.29 is 5.11 Å². The number of aliphatic hydroxyl groups excluding tert-OH is 1. The van der Waals surface area contributed by atoms with Crippen molar-refractivity contribution in [2.75, 3.05) is 18.1 Å². The summed E-state index contributed by atoms with van der Waals surface area (Å²) in [6, 6.07) is 4.71. The number of anilines is 1. The normalized spacial score (nSPS) is 17.3. The van der Waals surface area contributed by atoms with Gasteiger partial charge in [0.15, 0.2) is 0 Å². The molecule has 4 heteroatoms. The van der Waals surface area contributed by atoms with Gasteiger partial charge in [-0.05, 0) is 44.7 Å². The minimum absolute atomic E-state index is 0.0198. The zero-order valence-electron chi connectivity index (χ0n) is 11.0. The van der Waals surface area contributed by atoms with Gasteiger partial charge in [0.25, 0.3) is 0 Å². The van der Waals surface area contributed by atoms with Gasteiger partial charge in [0.05, 0.1) is 17.6 Å². The van der Waals surface area contributed by atoms with Crippen molar-refractivity contribution in [1.29, 1.82) is 0 Å². The highest BCUT2D eigenvalue weighted by Crippen LogP contribution is 2.29. The molecule has 4 nitrogen and oxygen atoms in total. The van der Waals surface area contributed by atoms with Gasteiger partial charge >= 0.3 is 0 Å². The average molecular weight is 249 g/mol. The molecule has 0 bridgehead atoms. The summed E-state index contributed by atoms with van der Waals surface area (Å²) in [6.07, 6.45) is 6.53. The molecule has 1 aromatic heterocycles. The Kier molecular flexibility index (Phi) is 4.55. The van der Waals surface area contributed by atoms with E-state index >= 15 is 0 Å². The third-order valence-electron chi connectivity index (χ3n) is 3.64. The summed E-state index contributed by atoms with van der Waals surface area (Å²) in [6.45, 7) is 3.09. The van der Waals surface area contributed by atoms with E-state index in [-0.39, 0.29) is 12.6 Å². The Hall–Kier alpha value is -1.13. The van der Waals surface area contributed by atoms with E-state index < -0.39 is 0 Å². The predicted molar refractivity (Wildman–Crippen MR) is 73.5 cm³/mol. The summed E-state index contributed by atoms with van der Waals surface area (Å²) in [7, 11) is 0. The molecule has 1 fully saturated rings. The van der Waals surface area contributed by atoms with Gasteiger partial charge < -0.3 is 15.7 Å². The van der Waals surface area contributed by atoms with E-state index in [9.17, 15) is 0 Å². The van der Waals surface area contributed by atoms with Crippen molar-refractivity contribution in [3.05, 3.63) is 24.0 Å². The number of pyridine rings is 1. The third-order valence-corrected chi connectivity index (χ3v) is 3.64. The summed E-state index contributed by atoms with van der Waals surface area (Å²) in [5.41, 5.74) is 7.88. The standard InChI is InChI=1S/C14H23N3O/c1-11(15)14-7-6-13(10-16-14)17(8-3-9-18)12-4-2-5-12/h6-7,10-12,18H,2-5,8-9,15H2,1H3. The van der Waals surface area contributed by atoms with Crippen molar-refractivity contribution in [2.45, 2.75) is 44.7 Å². The molecule has 0 amide bonds. The smallest absolute Gasteiger partial charge is 0.0569 e. The van der Waals surface area contributed by atoms with Crippen LogP contribution < -0.4 is 10.6 Å². The van der Waals surface area contributed by atoms with E-state index in [1.165, 1.54) is 19.3 Å². The fourth-order valence-corrected chi connectivity index (χ4v) is 2.30. The second-order valence-corrected chi connectivity index (χ2v) is 5.09. The highest BCUT2D eigenvalue weighted by Gasteiger charge is 2.25. The van der Waals surface area contributed by atoms with Crippen LogP contribution in [0, 0.1) is 0 Å². The van der Waals surface area contributed by atoms with Crippen LogP contribution in [0.25, 0.3) is 0 Å². The van der Waals surface area contributed by atoms with Crippen LogP contribution >= 0.6 is 0 Å². The molecule has 100 valence electrons.